The zero-order valence-electron chi connectivity index (χ0n) is 35.6. The molecule has 3 nitrogen and oxygen atoms in total. The van der Waals surface area contributed by atoms with Gasteiger partial charge in [-0.05, 0) is 134 Å². The highest BCUT2D eigenvalue weighted by molar-refractivity contribution is 6.17. The second kappa shape index (κ2) is 13.9. The summed E-state index contributed by atoms with van der Waals surface area (Å²) in [7, 11) is 0. The highest BCUT2D eigenvalue weighted by Gasteiger charge is 2.35. The molecule has 1 aliphatic rings. The van der Waals surface area contributed by atoms with E-state index >= 15 is 0 Å². The van der Waals surface area contributed by atoms with Crippen LogP contribution in [-0.2, 0) is 5.41 Å². The van der Waals surface area contributed by atoms with Crippen LogP contribution in [0, 0.1) is 0 Å². The molecule has 2 heterocycles. The van der Waals surface area contributed by atoms with Gasteiger partial charge in [-0.25, -0.2) is 0 Å². The number of benzene rings is 10. The van der Waals surface area contributed by atoms with Crippen molar-refractivity contribution in [3.63, 3.8) is 0 Å². The van der Waals surface area contributed by atoms with E-state index in [1.54, 1.807) is 0 Å². The standard InChI is InChI=1S/C61H42N2O/c1-61(2)55-16-8-5-13-49(55)50-34-33-48(36-56(50)61)62(46-29-25-42(26-30-46)44-20-19-39-11-3-4-12-43(39)35-44)45-27-21-40(22-28-45)41-23-31-47(32-24-41)63-57-17-9-6-14-51(57)53-38-60-54(37-58(53)63)52-15-7-10-18-59(52)64-60/h3-38H,1-2H3. The Morgan fingerprint density at radius 1 is 0.375 bits per heavy atom. The van der Waals surface area contributed by atoms with Crippen LogP contribution in [0.5, 0.6) is 0 Å². The Morgan fingerprint density at radius 2 is 0.969 bits per heavy atom. The molecule has 0 radical (unpaired) electrons. The van der Waals surface area contributed by atoms with E-state index in [2.05, 4.69) is 230 Å². The Balaban J connectivity index is 0.876. The second-order valence-electron chi connectivity index (χ2n) is 17.8. The van der Waals surface area contributed by atoms with E-state index in [0.717, 1.165) is 44.7 Å². The van der Waals surface area contributed by atoms with Crippen LogP contribution in [0.2, 0.25) is 0 Å². The van der Waals surface area contributed by atoms with Crippen LogP contribution < -0.4 is 4.90 Å². The first-order valence-corrected chi connectivity index (χ1v) is 22.2. The maximum Gasteiger partial charge on any atom is 0.136 e. The Kier molecular flexibility index (Phi) is 7.95. The van der Waals surface area contributed by atoms with Crippen LogP contribution in [0.3, 0.4) is 0 Å². The largest absolute Gasteiger partial charge is 0.456 e. The van der Waals surface area contributed by atoms with Crippen molar-refractivity contribution in [1.82, 2.24) is 4.57 Å². The van der Waals surface area contributed by atoms with Gasteiger partial charge in [0.2, 0.25) is 0 Å². The van der Waals surface area contributed by atoms with Crippen molar-refractivity contribution in [2.75, 3.05) is 4.90 Å². The zero-order valence-corrected chi connectivity index (χ0v) is 35.6. The molecule has 2 aromatic heterocycles. The third-order valence-corrected chi connectivity index (χ3v) is 13.8. The fourth-order valence-corrected chi connectivity index (χ4v) is 10.5. The first kappa shape index (κ1) is 36.5. The van der Waals surface area contributed by atoms with Crippen molar-refractivity contribution < 1.29 is 4.42 Å². The SMILES string of the molecule is CC1(C)c2ccccc2-c2ccc(N(c3ccc(-c4ccc(-n5c6ccccc6c6cc7oc8ccccc8c7cc65)cc4)cc3)c3ccc(-c4ccc5ccccc5c4)cc3)cc21. The van der Waals surface area contributed by atoms with Gasteiger partial charge in [-0.15, -0.1) is 0 Å². The molecule has 0 aliphatic heterocycles. The van der Waals surface area contributed by atoms with Crippen molar-refractivity contribution in [3.8, 4) is 39.1 Å². The molecule has 0 spiro atoms. The molecule has 0 saturated heterocycles. The minimum absolute atomic E-state index is 0.108. The van der Waals surface area contributed by atoms with E-state index in [-0.39, 0.29) is 5.41 Å². The topological polar surface area (TPSA) is 21.3 Å². The lowest BCUT2D eigenvalue weighted by atomic mass is 9.82. The summed E-state index contributed by atoms with van der Waals surface area (Å²) in [6.45, 7) is 4.71. The van der Waals surface area contributed by atoms with E-state index in [1.165, 1.54) is 77.1 Å². The van der Waals surface area contributed by atoms with Crippen molar-refractivity contribution >= 4 is 71.6 Å². The lowest BCUT2D eigenvalue weighted by Crippen LogP contribution is -2.16. The van der Waals surface area contributed by atoms with E-state index in [0.29, 0.717) is 0 Å². The summed E-state index contributed by atoms with van der Waals surface area (Å²) in [4.78, 5) is 2.40. The van der Waals surface area contributed by atoms with Crippen LogP contribution in [0.4, 0.5) is 17.1 Å². The molecule has 0 unspecified atom stereocenters. The number of para-hydroxylation sites is 2. The van der Waals surface area contributed by atoms with Crippen LogP contribution in [0.1, 0.15) is 25.0 Å². The summed E-state index contributed by atoms with van der Waals surface area (Å²) in [5.41, 5.74) is 18.7. The molecule has 0 N–H and O–H groups in total. The highest BCUT2D eigenvalue weighted by atomic mass is 16.3. The van der Waals surface area contributed by atoms with Crippen molar-refractivity contribution in [2.24, 2.45) is 0 Å². The monoisotopic (exact) mass is 818 g/mol. The number of anilines is 3. The van der Waals surface area contributed by atoms with E-state index in [4.69, 9.17) is 4.42 Å². The number of furan rings is 1. The van der Waals surface area contributed by atoms with Gasteiger partial charge in [-0.2, -0.15) is 0 Å². The van der Waals surface area contributed by atoms with Gasteiger partial charge in [-0.3, -0.25) is 0 Å². The molecular weight excluding hydrogens is 777 g/mol. The first-order valence-electron chi connectivity index (χ1n) is 22.2. The summed E-state index contributed by atoms with van der Waals surface area (Å²) in [6, 6.07) is 79.8. The number of aromatic nitrogens is 1. The molecule has 12 aromatic rings. The molecule has 10 aromatic carbocycles. The molecule has 3 heteroatoms. The minimum atomic E-state index is -0.108. The van der Waals surface area contributed by atoms with Crippen molar-refractivity contribution in [1.29, 1.82) is 0 Å². The smallest absolute Gasteiger partial charge is 0.136 e. The number of hydrogen-bond donors (Lipinski definition) is 0. The predicted molar refractivity (Wildman–Crippen MR) is 269 cm³/mol. The summed E-state index contributed by atoms with van der Waals surface area (Å²) in [6.07, 6.45) is 0. The van der Waals surface area contributed by atoms with Crippen LogP contribution in [0.25, 0.3) is 93.6 Å². The lowest BCUT2D eigenvalue weighted by Gasteiger charge is -2.28. The number of fused-ring (bicyclic) bond motifs is 10. The first-order chi connectivity index (χ1) is 31.5. The Hall–Kier alpha value is -8.14. The summed E-state index contributed by atoms with van der Waals surface area (Å²) >= 11 is 0. The molecule has 0 atom stereocenters. The quantitative estimate of drug-likeness (QED) is 0.167. The fraction of sp³-hybridized carbons (Fsp3) is 0.0492. The van der Waals surface area contributed by atoms with Gasteiger partial charge in [0.1, 0.15) is 11.2 Å². The summed E-state index contributed by atoms with van der Waals surface area (Å²) in [5, 5.41) is 7.17. The van der Waals surface area contributed by atoms with Gasteiger partial charge in [0.05, 0.1) is 11.0 Å². The van der Waals surface area contributed by atoms with Gasteiger partial charge < -0.3 is 13.9 Å². The summed E-state index contributed by atoms with van der Waals surface area (Å²) < 4.78 is 8.71. The average molecular weight is 819 g/mol. The van der Waals surface area contributed by atoms with Gasteiger partial charge >= 0.3 is 0 Å². The Morgan fingerprint density at radius 3 is 1.75 bits per heavy atom. The van der Waals surface area contributed by atoms with Gasteiger partial charge in [-0.1, -0.05) is 153 Å². The molecule has 0 amide bonds. The zero-order chi connectivity index (χ0) is 42.5. The highest BCUT2D eigenvalue weighted by Crippen LogP contribution is 2.51. The molecule has 0 bridgehead atoms. The molecule has 0 fully saturated rings. The lowest BCUT2D eigenvalue weighted by molar-refractivity contribution is 0.660. The number of hydrogen-bond acceptors (Lipinski definition) is 2. The van der Waals surface area contributed by atoms with E-state index in [1.807, 2.05) is 12.1 Å². The van der Waals surface area contributed by atoms with Gasteiger partial charge in [0.25, 0.3) is 0 Å². The molecule has 302 valence electrons. The average Bonchev–Trinajstić information content (AvgIpc) is 3.95. The van der Waals surface area contributed by atoms with Gasteiger partial charge in [0.15, 0.2) is 0 Å². The molecule has 64 heavy (non-hydrogen) atoms. The molecular formula is C61H42N2O. The van der Waals surface area contributed by atoms with Crippen molar-refractivity contribution in [2.45, 2.75) is 19.3 Å². The maximum absolute atomic E-state index is 6.32. The molecule has 1 aliphatic carbocycles. The van der Waals surface area contributed by atoms with Crippen LogP contribution in [0.15, 0.2) is 223 Å². The number of rotatable bonds is 6. The van der Waals surface area contributed by atoms with Gasteiger partial charge in [0, 0.05) is 49.7 Å². The predicted octanol–water partition coefficient (Wildman–Crippen LogP) is 16.9. The summed E-state index contributed by atoms with van der Waals surface area (Å²) in [5.74, 6) is 0. The van der Waals surface area contributed by atoms with Crippen molar-refractivity contribution in [3.05, 3.63) is 230 Å². The van der Waals surface area contributed by atoms with E-state index < -0.39 is 0 Å². The maximum atomic E-state index is 6.32. The van der Waals surface area contributed by atoms with E-state index in [9.17, 15) is 0 Å². The molecule has 13 rings (SSSR count). The second-order valence-corrected chi connectivity index (χ2v) is 17.8. The Labute approximate surface area is 371 Å². The van der Waals surface area contributed by atoms with Crippen LogP contribution >= 0.6 is 0 Å². The molecule has 0 saturated carbocycles. The minimum Gasteiger partial charge on any atom is -0.456 e. The fourth-order valence-electron chi connectivity index (χ4n) is 10.5. The Bertz CT molecular complexity index is 3790. The van der Waals surface area contributed by atoms with Crippen LogP contribution in [-0.4, -0.2) is 4.57 Å². The normalized spacial score (nSPS) is 13.0. The third-order valence-electron chi connectivity index (χ3n) is 13.8. The third kappa shape index (κ3) is 5.60. The number of nitrogens with zero attached hydrogens (tertiary/aromatic N) is 2.